The minimum atomic E-state index is -1.03. The van der Waals surface area contributed by atoms with Gasteiger partial charge < -0.3 is 15.2 Å². The van der Waals surface area contributed by atoms with Crippen LogP contribution < -0.4 is 5.32 Å². The van der Waals surface area contributed by atoms with Gasteiger partial charge in [-0.25, -0.2) is 9.59 Å². The summed E-state index contributed by atoms with van der Waals surface area (Å²) in [5.41, 5.74) is 0.120. The van der Waals surface area contributed by atoms with Crippen molar-refractivity contribution in [3.8, 4) is 0 Å². The Morgan fingerprint density at radius 1 is 1.32 bits per heavy atom. The lowest BCUT2D eigenvalue weighted by molar-refractivity contribution is -0.157. The van der Waals surface area contributed by atoms with E-state index in [0.29, 0.717) is 5.56 Å². The van der Waals surface area contributed by atoms with Gasteiger partial charge in [0.25, 0.3) is 0 Å². The van der Waals surface area contributed by atoms with Gasteiger partial charge in [-0.2, -0.15) is 0 Å². The fraction of sp³-hybridized carbons (Fsp3) is 0.429. The summed E-state index contributed by atoms with van der Waals surface area (Å²) in [7, 11) is 1.63. The van der Waals surface area contributed by atoms with E-state index in [4.69, 9.17) is 9.84 Å². The highest BCUT2D eigenvalue weighted by Gasteiger charge is 2.25. The Balaban J connectivity index is 3.00. The lowest BCUT2D eigenvalue weighted by Gasteiger charge is -2.24. The monoisotopic (exact) mass is 265 g/mol. The number of benzene rings is 1. The Morgan fingerprint density at radius 3 is 2.42 bits per heavy atom. The van der Waals surface area contributed by atoms with Crippen LogP contribution >= 0.6 is 0 Å². The molecule has 0 aliphatic rings. The molecule has 0 saturated heterocycles. The molecule has 0 aromatic heterocycles. The predicted octanol–water partition coefficient (Wildman–Crippen LogP) is 1.99. The predicted molar refractivity (Wildman–Crippen MR) is 71.0 cm³/mol. The van der Waals surface area contributed by atoms with Crippen molar-refractivity contribution in [2.24, 2.45) is 0 Å². The maximum Gasteiger partial charge on any atom is 0.335 e. The van der Waals surface area contributed by atoms with Crippen molar-refractivity contribution in [2.75, 3.05) is 7.05 Å². The first-order valence-electron chi connectivity index (χ1n) is 5.98. The molecular weight excluding hydrogens is 246 g/mol. The second-order valence-electron chi connectivity index (χ2n) is 5.19. The van der Waals surface area contributed by atoms with Crippen molar-refractivity contribution >= 4 is 11.9 Å². The summed E-state index contributed by atoms with van der Waals surface area (Å²) < 4.78 is 5.30. The van der Waals surface area contributed by atoms with Crippen molar-refractivity contribution in [3.05, 3.63) is 35.4 Å². The molecule has 0 amide bonds. The second-order valence-corrected chi connectivity index (χ2v) is 5.19. The Morgan fingerprint density at radius 2 is 1.95 bits per heavy atom. The molecule has 5 nitrogen and oxygen atoms in total. The smallest absolute Gasteiger partial charge is 0.335 e. The van der Waals surface area contributed by atoms with Crippen LogP contribution in [0.15, 0.2) is 24.3 Å². The van der Waals surface area contributed by atoms with E-state index in [1.807, 2.05) is 0 Å². The number of rotatable bonds is 4. The van der Waals surface area contributed by atoms with E-state index in [1.54, 1.807) is 40.0 Å². The number of aromatic carboxylic acids is 1. The molecular formula is C14H19NO4. The molecule has 5 heteroatoms. The molecule has 1 unspecified atom stereocenters. The first kappa shape index (κ1) is 15.2. The van der Waals surface area contributed by atoms with Crippen LogP contribution in [0.5, 0.6) is 0 Å². The van der Waals surface area contributed by atoms with Crippen LogP contribution in [0.25, 0.3) is 0 Å². The topological polar surface area (TPSA) is 75.6 Å². The largest absolute Gasteiger partial charge is 0.478 e. The van der Waals surface area contributed by atoms with E-state index < -0.39 is 23.6 Å². The van der Waals surface area contributed by atoms with Gasteiger partial charge in [0.15, 0.2) is 0 Å². The highest BCUT2D eigenvalue weighted by molar-refractivity contribution is 5.88. The first-order valence-corrected chi connectivity index (χ1v) is 5.98. The third kappa shape index (κ3) is 4.37. The number of carbonyl (C=O) groups is 2. The molecule has 1 aromatic rings. The molecule has 1 rings (SSSR count). The minimum Gasteiger partial charge on any atom is -0.478 e. The number of carboxylic acids is 1. The summed E-state index contributed by atoms with van der Waals surface area (Å²) in [5.74, 6) is -1.46. The fourth-order valence-electron chi connectivity index (χ4n) is 1.63. The zero-order chi connectivity index (χ0) is 14.6. The quantitative estimate of drug-likeness (QED) is 0.814. The molecule has 19 heavy (non-hydrogen) atoms. The Hall–Kier alpha value is -1.88. The number of likely N-dealkylation sites (N-methyl/N-ethyl adjacent to an activating group) is 1. The van der Waals surface area contributed by atoms with E-state index in [9.17, 15) is 9.59 Å². The van der Waals surface area contributed by atoms with E-state index in [2.05, 4.69) is 5.32 Å². The van der Waals surface area contributed by atoms with Crippen molar-refractivity contribution in [2.45, 2.75) is 32.4 Å². The maximum atomic E-state index is 12.0. The van der Waals surface area contributed by atoms with Crippen molar-refractivity contribution in [1.29, 1.82) is 0 Å². The molecule has 0 bridgehead atoms. The van der Waals surface area contributed by atoms with Gasteiger partial charge in [-0.1, -0.05) is 12.1 Å². The molecule has 0 aliphatic carbocycles. The fourth-order valence-corrected chi connectivity index (χ4v) is 1.63. The average molecular weight is 265 g/mol. The molecule has 0 saturated carbocycles. The van der Waals surface area contributed by atoms with Gasteiger partial charge in [-0.15, -0.1) is 0 Å². The zero-order valence-corrected chi connectivity index (χ0v) is 11.6. The second kappa shape index (κ2) is 5.84. The van der Waals surface area contributed by atoms with Crippen LogP contribution in [-0.2, 0) is 9.53 Å². The molecule has 0 heterocycles. The molecule has 0 aliphatic heterocycles. The van der Waals surface area contributed by atoms with Crippen molar-refractivity contribution in [1.82, 2.24) is 5.32 Å². The van der Waals surface area contributed by atoms with Gasteiger partial charge in [0.1, 0.15) is 11.6 Å². The summed E-state index contributed by atoms with van der Waals surface area (Å²) in [6.07, 6.45) is 0. The van der Waals surface area contributed by atoms with Crippen LogP contribution in [0, 0.1) is 0 Å². The summed E-state index contributed by atoms with van der Waals surface area (Å²) >= 11 is 0. The summed E-state index contributed by atoms with van der Waals surface area (Å²) in [4.78, 5) is 23.0. The van der Waals surface area contributed by atoms with E-state index in [0.717, 1.165) is 0 Å². The standard InChI is InChI=1S/C14H19NO4/c1-14(2,3)19-13(18)11(15-4)9-6-5-7-10(8-9)12(16)17/h5-8,11,15H,1-4H3,(H,16,17). The van der Waals surface area contributed by atoms with E-state index >= 15 is 0 Å². The third-order valence-electron chi connectivity index (χ3n) is 2.40. The number of nitrogens with one attached hydrogen (secondary N) is 1. The van der Waals surface area contributed by atoms with Gasteiger partial charge >= 0.3 is 11.9 Å². The van der Waals surface area contributed by atoms with Crippen LogP contribution in [0.3, 0.4) is 0 Å². The molecule has 104 valence electrons. The summed E-state index contributed by atoms with van der Waals surface area (Å²) in [5, 5.41) is 11.8. The molecule has 1 aromatic carbocycles. The molecule has 0 fully saturated rings. The molecule has 0 radical (unpaired) electrons. The van der Waals surface area contributed by atoms with Crippen LogP contribution in [-0.4, -0.2) is 29.7 Å². The van der Waals surface area contributed by atoms with Crippen molar-refractivity contribution in [3.63, 3.8) is 0 Å². The molecule has 1 atom stereocenters. The number of carboxylic acid groups (broad SMARTS) is 1. The highest BCUT2D eigenvalue weighted by atomic mass is 16.6. The number of hydrogen-bond acceptors (Lipinski definition) is 4. The number of ether oxygens (including phenoxy) is 1. The Bertz CT molecular complexity index is 477. The van der Waals surface area contributed by atoms with Crippen LogP contribution in [0.4, 0.5) is 0 Å². The van der Waals surface area contributed by atoms with Gasteiger partial charge in [-0.3, -0.25) is 0 Å². The highest BCUT2D eigenvalue weighted by Crippen LogP contribution is 2.19. The van der Waals surface area contributed by atoms with Gasteiger partial charge in [-0.05, 0) is 45.5 Å². The van der Waals surface area contributed by atoms with E-state index in [1.165, 1.54) is 12.1 Å². The lowest BCUT2D eigenvalue weighted by atomic mass is 10.0. The number of carbonyl (C=O) groups excluding carboxylic acids is 1. The van der Waals surface area contributed by atoms with Crippen LogP contribution in [0.1, 0.15) is 42.7 Å². The minimum absolute atomic E-state index is 0.140. The van der Waals surface area contributed by atoms with Gasteiger partial charge in [0.2, 0.25) is 0 Å². The van der Waals surface area contributed by atoms with E-state index in [-0.39, 0.29) is 5.56 Å². The van der Waals surface area contributed by atoms with Gasteiger partial charge in [0.05, 0.1) is 5.56 Å². The molecule has 2 N–H and O–H groups in total. The number of hydrogen-bond donors (Lipinski definition) is 2. The summed E-state index contributed by atoms with van der Waals surface area (Å²) in [6, 6.07) is 5.56. The maximum absolute atomic E-state index is 12.0. The third-order valence-corrected chi connectivity index (χ3v) is 2.40. The number of esters is 1. The SMILES string of the molecule is CNC(C(=O)OC(C)(C)C)c1cccc(C(=O)O)c1. The molecule has 0 spiro atoms. The first-order chi connectivity index (χ1) is 8.74. The Labute approximate surface area is 112 Å². The Kier molecular flexibility index (Phi) is 4.67. The van der Waals surface area contributed by atoms with Crippen molar-refractivity contribution < 1.29 is 19.4 Å². The summed E-state index contributed by atoms with van der Waals surface area (Å²) in [6.45, 7) is 5.35. The average Bonchev–Trinajstić information content (AvgIpc) is 2.27. The lowest BCUT2D eigenvalue weighted by Crippen LogP contribution is -2.33. The van der Waals surface area contributed by atoms with Gasteiger partial charge in [0, 0.05) is 0 Å². The van der Waals surface area contributed by atoms with Crippen LogP contribution in [0.2, 0.25) is 0 Å². The zero-order valence-electron chi connectivity index (χ0n) is 11.6. The normalized spacial score (nSPS) is 12.8.